The molecule has 80 valence electrons. The Morgan fingerprint density at radius 2 is 2.07 bits per heavy atom. The Balaban J connectivity index is 2.50. The molecule has 0 amide bonds. The van der Waals surface area contributed by atoms with Crippen molar-refractivity contribution in [2.45, 2.75) is 6.42 Å². The van der Waals surface area contributed by atoms with Crippen molar-refractivity contribution in [2.24, 2.45) is 0 Å². The van der Waals surface area contributed by atoms with E-state index < -0.39 is 4.92 Å². The van der Waals surface area contributed by atoms with E-state index >= 15 is 0 Å². The van der Waals surface area contributed by atoms with Gasteiger partial charge in [0.15, 0.2) is 0 Å². The summed E-state index contributed by atoms with van der Waals surface area (Å²) < 4.78 is 0.789. The van der Waals surface area contributed by atoms with Gasteiger partial charge >= 0.3 is 0 Å². The fourth-order valence-electron chi connectivity index (χ4n) is 1.07. The van der Waals surface area contributed by atoms with Crippen LogP contribution in [0.5, 0.6) is 0 Å². The average Bonchev–Trinajstić information content (AvgIpc) is 2.18. The van der Waals surface area contributed by atoms with Gasteiger partial charge < -0.3 is 0 Å². The molecule has 0 N–H and O–H groups in total. The Hall–Kier alpha value is -0.940. The third kappa shape index (κ3) is 4.40. The zero-order valence-electron chi connectivity index (χ0n) is 8.05. The van der Waals surface area contributed by atoms with Gasteiger partial charge in [-0.25, -0.2) is 0 Å². The van der Waals surface area contributed by atoms with Crippen molar-refractivity contribution in [1.29, 1.82) is 0 Å². The molecule has 1 aromatic carbocycles. The van der Waals surface area contributed by atoms with Gasteiger partial charge in [0.2, 0.25) is 0 Å². The summed E-state index contributed by atoms with van der Waals surface area (Å²) >= 11 is 5.64. The molecule has 0 spiro atoms. The molecule has 0 saturated heterocycles. The number of hydrogen-bond acceptors (Lipinski definition) is 4. The third-order valence-electron chi connectivity index (χ3n) is 1.81. The number of hydrogen-bond donors (Lipinski definition) is 1. The molecule has 0 fully saturated rings. The van der Waals surface area contributed by atoms with Crippen molar-refractivity contribution in [3.8, 4) is 0 Å². The number of thiol groups is 1. The summed E-state index contributed by atoms with van der Waals surface area (Å²) in [6.07, 6.45) is 0.863. The minimum atomic E-state index is -0.395. The smallest absolute Gasteiger partial charge is 0.258 e. The third-order valence-corrected chi connectivity index (χ3v) is 2.94. The van der Waals surface area contributed by atoms with Crippen LogP contribution in [0.4, 0.5) is 5.69 Å². The molecule has 0 unspecified atom stereocenters. The van der Waals surface area contributed by atoms with E-state index in [4.69, 9.17) is 0 Å². The molecule has 1 rings (SSSR count). The van der Waals surface area contributed by atoms with Crippen LogP contribution in [0, 0.1) is 10.1 Å². The Bertz CT molecular complexity index is 362. The summed E-state index contributed by atoms with van der Waals surface area (Å²) in [5, 5.41) is 10.4. The maximum absolute atomic E-state index is 10.4. The first-order valence-corrected chi connectivity index (χ1v) is 5.77. The number of non-ortho nitro benzene ring substituents is 1. The van der Waals surface area contributed by atoms with Crippen LogP contribution in [0.1, 0.15) is 5.56 Å². The van der Waals surface area contributed by atoms with Gasteiger partial charge in [-0.2, -0.15) is 0 Å². The van der Waals surface area contributed by atoms with Crippen molar-refractivity contribution < 1.29 is 4.92 Å². The van der Waals surface area contributed by atoms with E-state index in [0.29, 0.717) is 0 Å². The SMILES string of the molecule is C=C(S)SCCc1ccc([N+](=O)[O-])cc1. The second-order valence-electron chi connectivity index (χ2n) is 2.92. The Morgan fingerprint density at radius 3 is 2.53 bits per heavy atom. The lowest BCUT2D eigenvalue weighted by Gasteiger charge is -2.00. The van der Waals surface area contributed by atoms with Crippen LogP contribution in [-0.4, -0.2) is 10.7 Å². The normalized spacial score (nSPS) is 9.93. The molecule has 0 aliphatic rings. The van der Waals surface area contributed by atoms with Crippen molar-refractivity contribution in [3.63, 3.8) is 0 Å². The number of benzene rings is 1. The zero-order valence-corrected chi connectivity index (χ0v) is 9.76. The molecule has 0 radical (unpaired) electrons. The lowest BCUT2D eigenvalue weighted by Crippen LogP contribution is -1.90. The van der Waals surface area contributed by atoms with Gasteiger partial charge in [0, 0.05) is 22.1 Å². The molecule has 1 aromatic rings. The molecule has 0 saturated carbocycles. The van der Waals surface area contributed by atoms with Crippen LogP contribution in [0.2, 0.25) is 0 Å². The van der Waals surface area contributed by atoms with E-state index in [1.807, 2.05) is 0 Å². The summed E-state index contributed by atoms with van der Waals surface area (Å²) in [5.41, 5.74) is 1.22. The monoisotopic (exact) mass is 241 g/mol. The van der Waals surface area contributed by atoms with Crippen molar-refractivity contribution in [1.82, 2.24) is 0 Å². The summed E-state index contributed by atoms with van der Waals surface area (Å²) in [7, 11) is 0. The van der Waals surface area contributed by atoms with E-state index in [-0.39, 0.29) is 5.69 Å². The fourth-order valence-corrected chi connectivity index (χ4v) is 1.92. The fraction of sp³-hybridized carbons (Fsp3) is 0.200. The van der Waals surface area contributed by atoms with Gasteiger partial charge in [0.25, 0.3) is 5.69 Å². The van der Waals surface area contributed by atoms with Gasteiger partial charge in [0.1, 0.15) is 0 Å². The lowest BCUT2D eigenvalue weighted by molar-refractivity contribution is -0.384. The summed E-state index contributed by atoms with van der Waals surface area (Å²) in [5.74, 6) is 0.889. The van der Waals surface area contributed by atoms with Gasteiger partial charge in [-0.3, -0.25) is 10.1 Å². The van der Waals surface area contributed by atoms with Gasteiger partial charge in [-0.15, -0.1) is 24.4 Å². The molecule has 0 aliphatic heterocycles. The van der Waals surface area contributed by atoms with E-state index in [0.717, 1.165) is 22.0 Å². The number of nitro groups is 1. The zero-order chi connectivity index (χ0) is 11.3. The second-order valence-corrected chi connectivity index (χ2v) is 4.95. The highest BCUT2D eigenvalue weighted by atomic mass is 32.2. The molecule has 0 bridgehead atoms. The minimum absolute atomic E-state index is 0.130. The first-order chi connectivity index (χ1) is 7.09. The van der Waals surface area contributed by atoms with E-state index in [9.17, 15) is 10.1 Å². The maximum atomic E-state index is 10.4. The van der Waals surface area contributed by atoms with Crippen LogP contribution < -0.4 is 0 Å². The Morgan fingerprint density at radius 1 is 1.47 bits per heavy atom. The largest absolute Gasteiger partial charge is 0.269 e. The van der Waals surface area contributed by atoms with Crippen molar-refractivity contribution in [3.05, 3.63) is 50.8 Å². The van der Waals surface area contributed by atoms with Crippen molar-refractivity contribution in [2.75, 3.05) is 5.75 Å². The number of thioether (sulfide) groups is 1. The van der Waals surface area contributed by atoms with Crippen LogP contribution in [0.25, 0.3) is 0 Å². The molecule has 5 heteroatoms. The molecule has 0 aromatic heterocycles. The molecule has 0 heterocycles. The van der Waals surface area contributed by atoms with Gasteiger partial charge in [-0.05, 0) is 12.0 Å². The predicted molar refractivity (Wildman–Crippen MR) is 67.4 cm³/mol. The van der Waals surface area contributed by atoms with E-state index in [1.165, 1.54) is 12.1 Å². The number of rotatable bonds is 5. The summed E-state index contributed by atoms with van der Waals surface area (Å²) in [6, 6.07) is 6.60. The molecule has 3 nitrogen and oxygen atoms in total. The lowest BCUT2D eigenvalue weighted by atomic mass is 10.1. The highest BCUT2D eigenvalue weighted by Crippen LogP contribution is 2.19. The first kappa shape index (κ1) is 12.1. The topological polar surface area (TPSA) is 43.1 Å². The highest BCUT2D eigenvalue weighted by molar-refractivity contribution is 8.15. The van der Waals surface area contributed by atoms with Crippen molar-refractivity contribution >= 4 is 30.1 Å². The predicted octanol–water partition coefficient (Wildman–Crippen LogP) is 3.27. The molecule has 15 heavy (non-hydrogen) atoms. The second kappa shape index (κ2) is 5.82. The Kier molecular flexibility index (Phi) is 4.71. The Labute approximate surface area is 98.1 Å². The minimum Gasteiger partial charge on any atom is -0.258 e. The van der Waals surface area contributed by atoms with Crippen LogP contribution in [0.15, 0.2) is 35.1 Å². The number of aryl methyl sites for hydroxylation is 1. The summed E-state index contributed by atoms with van der Waals surface area (Å²) in [4.78, 5) is 10.0. The van der Waals surface area contributed by atoms with Gasteiger partial charge in [0.05, 0.1) is 4.92 Å². The van der Waals surface area contributed by atoms with Crippen LogP contribution in [-0.2, 0) is 6.42 Å². The van der Waals surface area contributed by atoms with E-state index in [2.05, 4.69) is 19.2 Å². The standard InChI is InChI=1S/C10H11NO2S2/c1-8(14)15-7-6-9-2-4-10(5-3-9)11(12)13/h2-5,14H,1,6-7H2. The van der Waals surface area contributed by atoms with Crippen LogP contribution in [0.3, 0.4) is 0 Å². The van der Waals surface area contributed by atoms with E-state index in [1.54, 1.807) is 23.9 Å². The molecule has 0 aliphatic carbocycles. The maximum Gasteiger partial charge on any atom is 0.269 e. The first-order valence-electron chi connectivity index (χ1n) is 4.33. The molecule has 0 atom stereocenters. The van der Waals surface area contributed by atoms with Gasteiger partial charge in [-0.1, -0.05) is 18.7 Å². The van der Waals surface area contributed by atoms with Crippen LogP contribution >= 0.6 is 24.4 Å². The summed E-state index contributed by atoms with van der Waals surface area (Å²) in [6.45, 7) is 3.66. The number of nitrogens with zero attached hydrogens (tertiary/aromatic N) is 1. The quantitative estimate of drug-likeness (QED) is 0.489. The molecular weight excluding hydrogens is 230 g/mol. The average molecular weight is 241 g/mol. The number of nitro benzene ring substituents is 1. The highest BCUT2D eigenvalue weighted by Gasteiger charge is 2.03. The molecular formula is C10H11NO2S2.